The zero-order valence-electron chi connectivity index (χ0n) is 5.56. The first-order chi connectivity index (χ1) is 4.37. The summed E-state index contributed by atoms with van der Waals surface area (Å²) in [5, 5.41) is 12.3. The molecule has 0 amide bonds. The highest BCUT2D eigenvalue weighted by Crippen LogP contribution is 2.48. The largest absolute Gasteiger partial charge is 0.394 e. The van der Waals surface area contributed by atoms with E-state index in [2.05, 4.69) is 5.32 Å². The second kappa shape index (κ2) is 1.70. The van der Waals surface area contributed by atoms with Crippen LogP contribution in [0.5, 0.6) is 0 Å². The Morgan fingerprint density at radius 3 is 3.11 bits per heavy atom. The Morgan fingerprint density at radius 1 is 1.67 bits per heavy atom. The molecule has 2 N–H and O–H groups in total. The molecule has 0 radical (unpaired) electrons. The third-order valence-corrected chi connectivity index (χ3v) is 2.72. The van der Waals surface area contributed by atoms with Crippen molar-refractivity contribution in [3.63, 3.8) is 0 Å². The zero-order valence-corrected chi connectivity index (χ0v) is 5.56. The van der Waals surface area contributed by atoms with Crippen molar-refractivity contribution in [1.29, 1.82) is 0 Å². The third-order valence-electron chi connectivity index (χ3n) is 2.72. The van der Waals surface area contributed by atoms with Gasteiger partial charge in [-0.05, 0) is 31.7 Å². The third kappa shape index (κ3) is 0.700. The van der Waals surface area contributed by atoms with E-state index in [0.29, 0.717) is 6.61 Å². The first kappa shape index (κ1) is 5.69. The molecule has 0 aromatic carbocycles. The molecule has 2 heteroatoms. The average Bonchev–Trinajstić information content (AvgIpc) is 2.62. The van der Waals surface area contributed by atoms with Crippen molar-refractivity contribution in [3.05, 3.63) is 0 Å². The summed E-state index contributed by atoms with van der Waals surface area (Å²) >= 11 is 0. The van der Waals surface area contributed by atoms with Crippen molar-refractivity contribution in [2.24, 2.45) is 5.92 Å². The first-order valence-electron chi connectivity index (χ1n) is 3.73. The smallest absolute Gasteiger partial charge is 0.0616 e. The Morgan fingerprint density at radius 2 is 2.56 bits per heavy atom. The van der Waals surface area contributed by atoms with Crippen molar-refractivity contribution < 1.29 is 5.11 Å². The van der Waals surface area contributed by atoms with E-state index in [4.69, 9.17) is 5.11 Å². The van der Waals surface area contributed by atoms with Crippen LogP contribution in [0.15, 0.2) is 0 Å². The Bertz CT molecular complexity index is 126. The van der Waals surface area contributed by atoms with Crippen LogP contribution in [0.4, 0.5) is 0 Å². The molecule has 52 valence electrons. The van der Waals surface area contributed by atoms with Crippen molar-refractivity contribution in [3.8, 4) is 0 Å². The van der Waals surface area contributed by atoms with Crippen LogP contribution >= 0.6 is 0 Å². The van der Waals surface area contributed by atoms with Crippen molar-refractivity contribution in [2.75, 3.05) is 13.2 Å². The Balaban J connectivity index is 2.01. The molecule has 0 bridgehead atoms. The van der Waals surface area contributed by atoms with Gasteiger partial charge in [0.2, 0.25) is 0 Å². The fourth-order valence-electron chi connectivity index (χ4n) is 1.91. The zero-order chi connectivity index (χ0) is 6.32. The molecule has 1 aliphatic heterocycles. The standard InChI is InChI=1S/C7H13NO/c9-5-7-4-6(7)2-1-3-8-7/h6,8-9H,1-5H2. The fourth-order valence-corrected chi connectivity index (χ4v) is 1.91. The lowest BCUT2D eigenvalue weighted by atomic mass is 10.1. The van der Waals surface area contributed by atoms with Crippen LogP contribution in [0.3, 0.4) is 0 Å². The van der Waals surface area contributed by atoms with Gasteiger partial charge in [-0.25, -0.2) is 0 Å². The number of hydrogen-bond acceptors (Lipinski definition) is 2. The predicted molar refractivity (Wildman–Crippen MR) is 35.2 cm³/mol. The summed E-state index contributed by atoms with van der Waals surface area (Å²) in [6, 6.07) is 0. The number of hydrogen-bond donors (Lipinski definition) is 2. The second-order valence-corrected chi connectivity index (χ2v) is 3.28. The summed E-state index contributed by atoms with van der Waals surface area (Å²) in [7, 11) is 0. The van der Waals surface area contributed by atoms with Crippen LogP contribution in [0, 0.1) is 5.92 Å². The Hall–Kier alpha value is -0.0800. The van der Waals surface area contributed by atoms with Crippen LogP contribution in [0.2, 0.25) is 0 Å². The van der Waals surface area contributed by atoms with E-state index in [1.807, 2.05) is 0 Å². The molecule has 1 heterocycles. The van der Waals surface area contributed by atoms with Gasteiger partial charge in [0, 0.05) is 5.54 Å². The average molecular weight is 127 g/mol. The summed E-state index contributed by atoms with van der Waals surface area (Å²) in [6.07, 6.45) is 3.84. The van der Waals surface area contributed by atoms with Gasteiger partial charge in [-0.3, -0.25) is 0 Å². The van der Waals surface area contributed by atoms with Crippen LogP contribution in [0.1, 0.15) is 19.3 Å². The summed E-state index contributed by atoms with van der Waals surface area (Å²) in [5.74, 6) is 0.802. The van der Waals surface area contributed by atoms with Gasteiger partial charge in [-0.1, -0.05) is 0 Å². The van der Waals surface area contributed by atoms with Gasteiger partial charge in [-0.15, -0.1) is 0 Å². The highest BCUT2D eigenvalue weighted by Gasteiger charge is 2.54. The van der Waals surface area contributed by atoms with Crippen molar-refractivity contribution in [1.82, 2.24) is 5.32 Å². The summed E-state index contributed by atoms with van der Waals surface area (Å²) in [5.41, 5.74) is 0.193. The number of fused-ring (bicyclic) bond motifs is 1. The molecule has 1 saturated carbocycles. The predicted octanol–water partition coefficient (Wildman–Crippen LogP) is 0.121. The van der Waals surface area contributed by atoms with Gasteiger partial charge in [0.25, 0.3) is 0 Å². The van der Waals surface area contributed by atoms with E-state index in [1.54, 1.807) is 0 Å². The Kier molecular flexibility index (Phi) is 1.08. The first-order valence-corrected chi connectivity index (χ1v) is 3.73. The molecule has 1 saturated heterocycles. The molecule has 0 aromatic heterocycles. The number of aliphatic hydroxyl groups is 1. The fraction of sp³-hybridized carbons (Fsp3) is 1.00. The highest BCUT2D eigenvalue weighted by atomic mass is 16.3. The Labute approximate surface area is 55.3 Å². The van der Waals surface area contributed by atoms with E-state index < -0.39 is 0 Å². The van der Waals surface area contributed by atoms with Crippen LogP contribution < -0.4 is 5.32 Å². The topological polar surface area (TPSA) is 32.3 Å². The summed E-state index contributed by atoms with van der Waals surface area (Å²) in [4.78, 5) is 0. The number of piperidine rings is 1. The number of nitrogens with one attached hydrogen (secondary N) is 1. The normalized spacial score (nSPS) is 48.3. The van der Waals surface area contributed by atoms with E-state index in [0.717, 1.165) is 12.5 Å². The minimum atomic E-state index is 0.193. The van der Waals surface area contributed by atoms with Crippen molar-refractivity contribution >= 4 is 0 Å². The van der Waals surface area contributed by atoms with E-state index in [9.17, 15) is 0 Å². The van der Waals surface area contributed by atoms with Crippen LogP contribution in [-0.4, -0.2) is 23.8 Å². The minimum Gasteiger partial charge on any atom is -0.394 e. The van der Waals surface area contributed by atoms with Gasteiger partial charge in [0.05, 0.1) is 6.61 Å². The van der Waals surface area contributed by atoms with Crippen LogP contribution in [-0.2, 0) is 0 Å². The molecule has 2 unspecified atom stereocenters. The lowest BCUT2D eigenvalue weighted by molar-refractivity contribution is 0.205. The van der Waals surface area contributed by atoms with Gasteiger partial charge in [0.15, 0.2) is 0 Å². The number of aliphatic hydroxyl groups excluding tert-OH is 1. The molecule has 0 spiro atoms. The monoisotopic (exact) mass is 127 g/mol. The maximum Gasteiger partial charge on any atom is 0.0616 e. The quantitative estimate of drug-likeness (QED) is 0.524. The molecule has 2 fully saturated rings. The molecule has 0 aromatic rings. The number of rotatable bonds is 1. The lowest BCUT2D eigenvalue weighted by Gasteiger charge is -2.20. The second-order valence-electron chi connectivity index (χ2n) is 3.28. The SMILES string of the molecule is OCC12CC1CCCN2. The lowest BCUT2D eigenvalue weighted by Crippen LogP contribution is -2.40. The van der Waals surface area contributed by atoms with E-state index >= 15 is 0 Å². The van der Waals surface area contributed by atoms with Gasteiger partial charge in [-0.2, -0.15) is 0 Å². The summed E-state index contributed by atoms with van der Waals surface area (Å²) < 4.78 is 0. The summed E-state index contributed by atoms with van der Waals surface area (Å²) in [6.45, 7) is 1.45. The molecule has 1 aliphatic carbocycles. The molecular weight excluding hydrogens is 114 g/mol. The van der Waals surface area contributed by atoms with Gasteiger partial charge < -0.3 is 10.4 Å². The minimum absolute atomic E-state index is 0.193. The van der Waals surface area contributed by atoms with E-state index in [-0.39, 0.29) is 5.54 Å². The highest BCUT2D eigenvalue weighted by molar-refractivity contribution is 5.11. The maximum absolute atomic E-state index is 8.93. The molecule has 2 rings (SSSR count). The van der Waals surface area contributed by atoms with E-state index in [1.165, 1.54) is 19.3 Å². The molecule has 2 aliphatic rings. The van der Waals surface area contributed by atoms with Gasteiger partial charge in [0.1, 0.15) is 0 Å². The molecule has 9 heavy (non-hydrogen) atoms. The van der Waals surface area contributed by atoms with Gasteiger partial charge >= 0.3 is 0 Å². The van der Waals surface area contributed by atoms with Crippen LogP contribution in [0.25, 0.3) is 0 Å². The molecular formula is C7H13NO. The van der Waals surface area contributed by atoms with Crippen molar-refractivity contribution in [2.45, 2.75) is 24.8 Å². The molecule has 2 atom stereocenters. The maximum atomic E-state index is 8.93. The molecule has 2 nitrogen and oxygen atoms in total.